The molecule has 0 unspecified atom stereocenters. The van der Waals surface area contributed by atoms with Crippen molar-refractivity contribution < 1.29 is 17.9 Å². The molecule has 0 aliphatic carbocycles. The first kappa shape index (κ1) is 21.9. The Hall–Kier alpha value is -2.84. The third-order valence-corrected chi connectivity index (χ3v) is 6.82. The number of hydrogen-bond donors (Lipinski definition) is 2. The molecular weight excluding hydrogens is 402 g/mol. The van der Waals surface area contributed by atoms with Crippen molar-refractivity contribution in [3.8, 4) is 5.75 Å². The van der Waals surface area contributed by atoms with Crippen molar-refractivity contribution in [1.82, 2.24) is 15.2 Å². The van der Waals surface area contributed by atoms with Crippen LogP contribution in [0, 0.1) is 0 Å². The molecule has 1 aliphatic heterocycles. The SMILES string of the molecule is COc1ccc(/C=C(/C)NNC(=O)c2cccc(S(=O)(=O)N3CCCCC3)c2)cc1. The molecule has 1 saturated heterocycles. The quantitative estimate of drug-likeness (QED) is 0.660. The topological polar surface area (TPSA) is 87.7 Å². The molecule has 0 radical (unpaired) electrons. The summed E-state index contributed by atoms with van der Waals surface area (Å²) >= 11 is 0. The number of hydrazine groups is 1. The third-order valence-electron chi connectivity index (χ3n) is 4.92. The molecule has 1 aliphatic rings. The summed E-state index contributed by atoms with van der Waals surface area (Å²) in [5, 5.41) is 0. The smallest absolute Gasteiger partial charge is 0.269 e. The monoisotopic (exact) mass is 429 g/mol. The van der Waals surface area contributed by atoms with Crippen molar-refractivity contribution in [2.75, 3.05) is 20.2 Å². The molecule has 0 saturated carbocycles. The van der Waals surface area contributed by atoms with Crippen LogP contribution in [0.5, 0.6) is 5.75 Å². The van der Waals surface area contributed by atoms with Gasteiger partial charge in [0.25, 0.3) is 5.91 Å². The molecule has 1 fully saturated rings. The fraction of sp³-hybridized carbons (Fsp3) is 0.318. The summed E-state index contributed by atoms with van der Waals surface area (Å²) in [6, 6.07) is 13.6. The van der Waals surface area contributed by atoms with Gasteiger partial charge in [0.15, 0.2) is 0 Å². The highest BCUT2D eigenvalue weighted by molar-refractivity contribution is 7.89. The number of carbonyl (C=O) groups is 1. The van der Waals surface area contributed by atoms with E-state index in [4.69, 9.17) is 4.74 Å². The number of rotatable bonds is 7. The van der Waals surface area contributed by atoms with Gasteiger partial charge in [-0.15, -0.1) is 0 Å². The first-order valence-electron chi connectivity index (χ1n) is 9.89. The van der Waals surface area contributed by atoms with Gasteiger partial charge in [-0.05, 0) is 61.7 Å². The van der Waals surface area contributed by atoms with Gasteiger partial charge in [-0.2, -0.15) is 4.31 Å². The summed E-state index contributed by atoms with van der Waals surface area (Å²) in [4.78, 5) is 12.7. The Kier molecular flexibility index (Phi) is 7.12. The Morgan fingerprint density at radius 1 is 1.03 bits per heavy atom. The van der Waals surface area contributed by atoms with E-state index < -0.39 is 15.9 Å². The van der Waals surface area contributed by atoms with Crippen LogP contribution in [0.2, 0.25) is 0 Å². The van der Waals surface area contributed by atoms with Gasteiger partial charge in [0.1, 0.15) is 5.75 Å². The van der Waals surface area contributed by atoms with Gasteiger partial charge in [-0.25, -0.2) is 8.42 Å². The molecule has 2 N–H and O–H groups in total. The highest BCUT2D eigenvalue weighted by Crippen LogP contribution is 2.21. The third kappa shape index (κ3) is 5.40. The number of piperidine rings is 1. The van der Waals surface area contributed by atoms with E-state index >= 15 is 0 Å². The number of amides is 1. The number of allylic oxidation sites excluding steroid dienone is 1. The summed E-state index contributed by atoms with van der Waals surface area (Å²) in [5.74, 6) is 0.360. The van der Waals surface area contributed by atoms with E-state index in [2.05, 4.69) is 10.9 Å². The molecule has 160 valence electrons. The van der Waals surface area contributed by atoms with Crippen molar-refractivity contribution in [1.29, 1.82) is 0 Å². The van der Waals surface area contributed by atoms with Crippen molar-refractivity contribution in [3.63, 3.8) is 0 Å². The maximum absolute atomic E-state index is 12.8. The van der Waals surface area contributed by atoms with Gasteiger partial charge in [0.2, 0.25) is 10.0 Å². The molecule has 0 atom stereocenters. The maximum Gasteiger partial charge on any atom is 0.269 e. The van der Waals surface area contributed by atoms with Gasteiger partial charge in [-0.1, -0.05) is 24.6 Å². The van der Waals surface area contributed by atoms with Crippen LogP contribution in [0.3, 0.4) is 0 Å². The molecule has 30 heavy (non-hydrogen) atoms. The lowest BCUT2D eigenvalue weighted by Crippen LogP contribution is -2.37. The number of nitrogens with one attached hydrogen (secondary N) is 2. The van der Waals surface area contributed by atoms with Gasteiger partial charge in [0.05, 0.1) is 12.0 Å². The zero-order chi connectivity index (χ0) is 21.6. The standard InChI is InChI=1S/C22H27N3O4S/c1-17(15-18-9-11-20(29-2)12-10-18)23-24-22(26)19-7-6-8-21(16-19)30(27,28)25-13-4-3-5-14-25/h6-12,15-16,23H,3-5,13-14H2,1-2H3,(H,24,26)/b17-15-. The van der Waals surface area contributed by atoms with Crippen molar-refractivity contribution in [3.05, 3.63) is 65.4 Å². The molecule has 0 spiro atoms. The molecule has 0 bridgehead atoms. The van der Waals surface area contributed by atoms with E-state index in [1.165, 1.54) is 16.4 Å². The van der Waals surface area contributed by atoms with Crippen molar-refractivity contribution in [2.45, 2.75) is 31.1 Å². The average Bonchev–Trinajstić information content (AvgIpc) is 2.78. The zero-order valence-electron chi connectivity index (χ0n) is 17.2. The van der Waals surface area contributed by atoms with Crippen LogP contribution in [-0.4, -0.2) is 38.8 Å². The summed E-state index contributed by atoms with van der Waals surface area (Å²) in [5.41, 5.74) is 7.41. The van der Waals surface area contributed by atoms with E-state index in [1.807, 2.05) is 37.3 Å². The highest BCUT2D eigenvalue weighted by Gasteiger charge is 2.26. The fourth-order valence-electron chi connectivity index (χ4n) is 3.27. The Morgan fingerprint density at radius 2 is 1.73 bits per heavy atom. The normalized spacial score (nSPS) is 15.5. The van der Waals surface area contributed by atoms with E-state index in [9.17, 15) is 13.2 Å². The number of benzene rings is 2. The van der Waals surface area contributed by atoms with Crippen LogP contribution in [-0.2, 0) is 10.0 Å². The van der Waals surface area contributed by atoms with Crippen LogP contribution < -0.4 is 15.6 Å². The molecule has 1 heterocycles. The first-order chi connectivity index (χ1) is 14.4. The van der Waals surface area contributed by atoms with E-state index in [-0.39, 0.29) is 10.5 Å². The van der Waals surface area contributed by atoms with Gasteiger partial charge in [0, 0.05) is 24.4 Å². The second kappa shape index (κ2) is 9.77. The van der Waals surface area contributed by atoms with E-state index in [0.717, 1.165) is 36.3 Å². The zero-order valence-corrected chi connectivity index (χ0v) is 18.0. The molecule has 7 nitrogen and oxygen atoms in total. The van der Waals surface area contributed by atoms with Gasteiger partial charge >= 0.3 is 0 Å². The van der Waals surface area contributed by atoms with Crippen LogP contribution in [0.1, 0.15) is 42.1 Å². The summed E-state index contributed by atoms with van der Waals surface area (Å²) < 4.78 is 32.3. The van der Waals surface area contributed by atoms with Gasteiger partial charge in [-0.3, -0.25) is 10.2 Å². The largest absolute Gasteiger partial charge is 0.497 e. The Bertz CT molecular complexity index is 1010. The number of methoxy groups -OCH3 is 1. The Balaban J connectivity index is 1.65. The van der Waals surface area contributed by atoms with Crippen LogP contribution >= 0.6 is 0 Å². The summed E-state index contributed by atoms with van der Waals surface area (Å²) in [6.07, 6.45) is 4.65. The first-order valence-corrected chi connectivity index (χ1v) is 11.3. The van der Waals surface area contributed by atoms with E-state index in [0.29, 0.717) is 13.1 Å². The predicted octanol–water partition coefficient (Wildman–Crippen LogP) is 3.17. The van der Waals surface area contributed by atoms with Crippen LogP contribution in [0.4, 0.5) is 0 Å². The lowest BCUT2D eigenvalue weighted by Gasteiger charge is -2.26. The molecule has 3 rings (SSSR count). The maximum atomic E-state index is 12.8. The highest BCUT2D eigenvalue weighted by atomic mass is 32.2. The van der Waals surface area contributed by atoms with Crippen molar-refractivity contribution >= 4 is 22.0 Å². The molecule has 2 aromatic carbocycles. The second-order valence-electron chi connectivity index (χ2n) is 7.17. The molecule has 1 amide bonds. The lowest BCUT2D eigenvalue weighted by molar-refractivity contribution is 0.0939. The second-order valence-corrected chi connectivity index (χ2v) is 9.11. The minimum atomic E-state index is -3.58. The number of hydrogen-bond acceptors (Lipinski definition) is 5. The summed E-state index contributed by atoms with van der Waals surface area (Å²) in [6.45, 7) is 2.87. The number of carbonyl (C=O) groups excluding carboxylic acids is 1. The number of nitrogens with zero attached hydrogens (tertiary/aromatic N) is 1. The van der Waals surface area contributed by atoms with Crippen LogP contribution in [0.15, 0.2) is 59.1 Å². The molecule has 0 aromatic heterocycles. The fourth-order valence-corrected chi connectivity index (χ4v) is 4.83. The van der Waals surface area contributed by atoms with Gasteiger partial charge < -0.3 is 10.2 Å². The van der Waals surface area contributed by atoms with Crippen molar-refractivity contribution in [2.24, 2.45) is 0 Å². The minimum Gasteiger partial charge on any atom is -0.497 e. The van der Waals surface area contributed by atoms with E-state index in [1.54, 1.807) is 19.2 Å². The minimum absolute atomic E-state index is 0.141. The molecular formula is C22H27N3O4S. The average molecular weight is 430 g/mol. The number of sulfonamides is 1. The molecule has 2 aromatic rings. The van der Waals surface area contributed by atoms with Crippen LogP contribution in [0.25, 0.3) is 6.08 Å². The Morgan fingerprint density at radius 3 is 2.40 bits per heavy atom. The molecule has 8 heteroatoms. The lowest BCUT2D eigenvalue weighted by atomic mass is 10.2. The predicted molar refractivity (Wildman–Crippen MR) is 116 cm³/mol. The Labute approximate surface area is 177 Å². The number of ether oxygens (including phenoxy) is 1. The summed E-state index contributed by atoms with van der Waals surface area (Å²) in [7, 11) is -1.97.